The van der Waals surface area contributed by atoms with Gasteiger partial charge in [-0.1, -0.05) is 42.5 Å². The van der Waals surface area contributed by atoms with E-state index in [2.05, 4.69) is 4.98 Å². The minimum absolute atomic E-state index is 0.0750. The van der Waals surface area contributed by atoms with Crippen LogP contribution in [0.2, 0.25) is 0 Å². The summed E-state index contributed by atoms with van der Waals surface area (Å²) in [6.45, 7) is 0.481. The first-order valence-electron chi connectivity index (χ1n) is 8.63. The minimum Gasteiger partial charge on any atom is -0.497 e. The van der Waals surface area contributed by atoms with E-state index in [4.69, 9.17) is 4.74 Å². The molecule has 26 heavy (non-hydrogen) atoms. The number of nitrogens with zero attached hydrogens (tertiary/aromatic N) is 2. The van der Waals surface area contributed by atoms with Gasteiger partial charge in [-0.2, -0.15) is 0 Å². The molecule has 2 aromatic carbocycles. The fraction of sp³-hybridized carbons (Fsp3) is 0.182. The Morgan fingerprint density at radius 3 is 2.54 bits per heavy atom. The molecule has 0 unspecified atom stereocenters. The van der Waals surface area contributed by atoms with Crippen molar-refractivity contribution in [3.63, 3.8) is 0 Å². The van der Waals surface area contributed by atoms with Gasteiger partial charge in [0, 0.05) is 30.6 Å². The highest BCUT2D eigenvalue weighted by Gasteiger charge is 2.17. The lowest BCUT2D eigenvalue weighted by molar-refractivity contribution is -0.118. The van der Waals surface area contributed by atoms with E-state index in [0.717, 1.165) is 22.6 Å². The van der Waals surface area contributed by atoms with Gasteiger partial charge in [0.25, 0.3) is 0 Å². The van der Waals surface area contributed by atoms with Crippen molar-refractivity contribution in [1.82, 2.24) is 4.98 Å². The molecule has 4 heteroatoms. The molecule has 0 aliphatic carbocycles. The molecule has 0 saturated heterocycles. The zero-order valence-corrected chi connectivity index (χ0v) is 14.8. The van der Waals surface area contributed by atoms with Gasteiger partial charge in [0.05, 0.1) is 13.7 Å². The molecule has 0 radical (unpaired) electrons. The third kappa shape index (κ3) is 4.70. The lowest BCUT2D eigenvalue weighted by Crippen LogP contribution is -2.30. The fourth-order valence-electron chi connectivity index (χ4n) is 2.81. The zero-order chi connectivity index (χ0) is 18.2. The summed E-state index contributed by atoms with van der Waals surface area (Å²) in [4.78, 5) is 18.9. The van der Waals surface area contributed by atoms with Crippen LogP contribution in [-0.2, 0) is 17.8 Å². The third-order valence-electron chi connectivity index (χ3n) is 4.20. The number of ether oxygens (including phenoxy) is 1. The Labute approximate surface area is 154 Å². The van der Waals surface area contributed by atoms with Crippen LogP contribution >= 0.6 is 0 Å². The molecular formula is C22H22N2O2. The molecule has 3 aromatic rings. The first kappa shape index (κ1) is 17.7. The van der Waals surface area contributed by atoms with Gasteiger partial charge < -0.3 is 9.64 Å². The lowest BCUT2D eigenvalue weighted by Gasteiger charge is -2.23. The predicted molar refractivity (Wildman–Crippen MR) is 103 cm³/mol. The Bertz CT molecular complexity index is 835. The number of carbonyl (C=O) groups is 1. The van der Waals surface area contributed by atoms with Gasteiger partial charge in [-0.25, -0.2) is 0 Å². The molecule has 0 fully saturated rings. The summed E-state index contributed by atoms with van der Waals surface area (Å²) in [5, 5.41) is 0. The van der Waals surface area contributed by atoms with Crippen LogP contribution in [0.5, 0.6) is 5.75 Å². The van der Waals surface area contributed by atoms with Gasteiger partial charge in [-0.3, -0.25) is 9.78 Å². The van der Waals surface area contributed by atoms with Gasteiger partial charge in [-0.15, -0.1) is 0 Å². The van der Waals surface area contributed by atoms with Crippen molar-refractivity contribution in [3.05, 3.63) is 90.3 Å². The number of benzene rings is 2. The van der Waals surface area contributed by atoms with E-state index in [1.165, 1.54) is 0 Å². The van der Waals surface area contributed by atoms with Gasteiger partial charge in [0.15, 0.2) is 0 Å². The van der Waals surface area contributed by atoms with E-state index >= 15 is 0 Å². The van der Waals surface area contributed by atoms with Gasteiger partial charge in [-0.05, 0) is 35.7 Å². The van der Waals surface area contributed by atoms with E-state index in [1.807, 2.05) is 66.7 Å². The first-order chi connectivity index (χ1) is 12.8. The molecular weight excluding hydrogens is 324 g/mol. The highest BCUT2D eigenvalue weighted by Crippen LogP contribution is 2.24. The smallest absolute Gasteiger partial charge is 0.227 e. The Morgan fingerprint density at radius 2 is 1.81 bits per heavy atom. The normalized spacial score (nSPS) is 10.3. The maximum Gasteiger partial charge on any atom is 0.227 e. The van der Waals surface area contributed by atoms with Gasteiger partial charge >= 0.3 is 0 Å². The highest BCUT2D eigenvalue weighted by molar-refractivity contribution is 5.93. The molecule has 0 N–H and O–H groups in total. The van der Waals surface area contributed by atoms with Crippen LogP contribution in [0.4, 0.5) is 5.69 Å². The van der Waals surface area contributed by atoms with E-state index in [0.29, 0.717) is 19.4 Å². The molecule has 0 aliphatic rings. The number of methoxy groups -OCH3 is 1. The number of amides is 1. The van der Waals surface area contributed by atoms with E-state index < -0.39 is 0 Å². The molecule has 0 aliphatic heterocycles. The minimum atomic E-state index is 0.0750. The second-order valence-corrected chi connectivity index (χ2v) is 6.03. The van der Waals surface area contributed by atoms with Crippen molar-refractivity contribution in [2.24, 2.45) is 0 Å². The number of aromatic nitrogens is 1. The standard InChI is InChI=1S/C22H22N2O2/c1-26-21-11-5-10-20(15-21)24(17-19-9-6-14-23-16-19)22(25)13-12-18-7-3-2-4-8-18/h2-11,14-16H,12-13,17H2,1H3. The van der Waals surface area contributed by atoms with E-state index in [-0.39, 0.29) is 5.91 Å². The molecule has 0 spiro atoms. The first-order valence-corrected chi connectivity index (χ1v) is 8.63. The highest BCUT2D eigenvalue weighted by atomic mass is 16.5. The van der Waals surface area contributed by atoms with Crippen LogP contribution in [-0.4, -0.2) is 18.0 Å². The zero-order valence-electron chi connectivity index (χ0n) is 14.8. The van der Waals surface area contributed by atoms with Crippen LogP contribution in [0, 0.1) is 0 Å². The van der Waals surface area contributed by atoms with Crippen LogP contribution < -0.4 is 9.64 Å². The fourth-order valence-corrected chi connectivity index (χ4v) is 2.81. The Morgan fingerprint density at radius 1 is 1.00 bits per heavy atom. The second kappa shape index (κ2) is 8.81. The molecule has 3 rings (SSSR count). The molecule has 4 nitrogen and oxygen atoms in total. The second-order valence-electron chi connectivity index (χ2n) is 6.03. The summed E-state index contributed by atoms with van der Waals surface area (Å²) >= 11 is 0. The maximum atomic E-state index is 13.0. The maximum absolute atomic E-state index is 13.0. The predicted octanol–water partition coefficient (Wildman–Crippen LogP) is 4.26. The molecule has 132 valence electrons. The quantitative estimate of drug-likeness (QED) is 0.642. The van der Waals surface area contributed by atoms with Crippen LogP contribution in [0.3, 0.4) is 0 Å². The molecule has 1 aromatic heterocycles. The van der Waals surface area contributed by atoms with Crippen molar-refractivity contribution in [3.8, 4) is 5.75 Å². The summed E-state index contributed by atoms with van der Waals surface area (Å²) < 4.78 is 5.31. The number of rotatable bonds is 7. The summed E-state index contributed by atoms with van der Waals surface area (Å²) in [6, 6.07) is 21.5. The molecule has 0 atom stereocenters. The van der Waals surface area contributed by atoms with Crippen molar-refractivity contribution in [1.29, 1.82) is 0 Å². The Hall–Kier alpha value is -3.14. The number of hydrogen-bond acceptors (Lipinski definition) is 3. The summed E-state index contributed by atoms with van der Waals surface area (Å²) in [6.07, 6.45) is 4.68. The molecule has 0 saturated carbocycles. The van der Waals surface area contributed by atoms with E-state index in [9.17, 15) is 4.79 Å². The third-order valence-corrected chi connectivity index (χ3v) is 4.20. The largest absolute Gasteiger partial charge is 0.497 e. The lowest BCUT2D eigenvalue weighted by atomic mass is 10.1. The molecule has 1 heterocycles. The monoisotopic (exact) mass is 346 g/mol. The summed E-state index contributed by atoms with van der Waals surface area (Å²) in [7, 11) is 1.63. The number of carbonyl (C=O) groups excluding carboxylic acids is 1. The molecule has 1 amide bonds. The summed E-state index contributed by atoms with van der Waals surface area (Å²) in [5.74, 6) is 0.806. The number of aryl methyl sites for hydroxylation is 1. The number of anilines is 1. The summed E-state index contributed by atoms with van der Waals surface area (Å²) in [5.41, 5.74) is 2.97. The molecule has 0 bridgehead atoms. The Kier molecular flexibility index (Phi) is 5.99. The van der Waals surface area contributed by atoms with Crippen molar-refractivity contribution < 1.29 is 9.53 Å². The van der Waals surface area contributed by atoms with Gasteiger partial charge in [0.1, 0.15) is 5.75 Å². The number of pyridine rings is 1. The Balaban J connectivity index is 1.80. The average molecular weight is 346 g/mol. The van der Waals surface area contributed by atoms with E-state index in [1.54, 1.807) is 24.4 Å². The van der Waals surface area contributed by atoms with Crippen molar-refractivity contribution in [2.75, 3.05) is 12.0 Å². The van der Waals surface area contributed by atoms with Gasteiger partial charge in [0.2, 0.25) is 5.91 Å². The van der Waals surface area contributed by atoms with Crippen molar-refractivity contribution >= 4 is 11.6 Å². The van der Waals surface area contributed by atoms with Crippen molar-refractivity contribution in [2.45, 2.75) is 19.4 Å². The average Bonchev–Trinajstić information content (AvgIpc) is 2.72. The van der Waals surface area contributed by atoms with Crippen LogP contribution in [0.15, 0.2) is 79.1 Å². The SMILES string of the molecule is COc1cccc(N(Cc2cccnc2)C(=O)CCc2ccccc2)c1. The van der Waals surface area contributed by atoms with Crippen LogP contribution in [0.1, 0.15) is 17.5 Å². The topological polar surface area (TPSA) is 42.4 Å². The number of hydrogen-bond donors (Lipinski definition) is 0. The van der Waals surface area contributed by atoms with Crippen LogP contribution in [0.25, 0.3) is 0 Å².